The first kappa shape index (κ1) is 17.4. The monoisotopic (exact) mass is 375 g/mol. The summed E-state index contributed by atoms with van der Waals surface area (Å²) >= 11 is 6.67. The zero-order chi connectivity index (χ0) is 18.0. The van der Waals surface area contributed by atoms with Crippen molar-refractivity contribution in [3.05, 3.63) is 75.4 Å². The summed E-state index contributed by atoms with van der Waals surface area (Å²) < 4.78 is 12.9. The molecule has 0 aromatic heterocycles. The van der Waals surface area contributed by atoms with Crippen LogP contribution in [0.25, 0.3) is 6.08 Å². The van der Waals surface area contributed by atoms with Crippen LogP contribution < -0.4 is 0 Å². The zero-order valence-electron chi connectivity index (χ0n) is 12.7. The number of benzene rings is 2. The molecule has 1 fully saturated rings. The molecule has 2 aromatic carbocycles. The van der Waals surface area contributed by atoms with E-state index in [1.54, 1.807) is 30.3 Å². The number of Topliss-reactive ketones (excluding diaryl/α,β-unsaturated/α-hetero) is 1. The maximum atomic E-state index is 12.9. The van der Waals surface area contributed by atoms with Gasteiger partial charge in [0.05, 0.1) is 11.4 Å². The van der Waals surface area contributed by atoms with Crippen molar-refractivity contribution in [2.45, 2.75) is 0 Å². The number of hydrogen-bond donors (Lipinski definition) is 0. The molecule has 1 aliphatic heterocycles. The Kier molecular flexibility index (Phi) is 5.01. The molecule has 126 valence electrons. The maximum absolute atomic E-state index is 12.9. The Bertz CT molecular complexity index is 895. The molecule has 0 bridgehead atoms. The zero-order valence-corrected chi connectivity index (χ0v) is 14.3. The third-order valence-corrected chi connectivity index (χ3v) is 4.63. The lowest BCUT2D eigenvalue weighted by molar-refractivity contribution is -0.122. The Morgan fingerprint density at radius 3 is 2.56 bits per heavy atom. The number of carbonyl (C=O) groups is 3. The van der Waals surface area contributed by atoms with E-state index in [-0.39, 0.29) is 17.0 Å². The summed E-state index contributed by atoms with van der Waals surface area (Å²) in [5.41, 5.74) is 0.919. The number of thioether (sulfide) groups is 1. The molecule has 1 aliphatic rings. The van der Waals surface area contributed by atoms with E-state index in [1.807, 2.05) is 0 Å². The van der Waals surface area contributed by atoms with E-state index >= 15 is 0 Å². The van der Waals surface area contributed by atoms with Crippen LogP contribution in [0.5, 0.6) is 0 Å². The molecule has 2 amide bonds. The minimum atomic E-state index is -0.537. The van der Waals surface area contributed by atoms with Crippen LogP contribution in [0.4, 0.5) is 9.18 Å². The highest BCUT2D eigenvalue weighted by Crippen LogP contribution is 2.32. The predicted molar refractivity (Wildman–Crippen MR) is 94.9 cm³/mol. The number of ketones is 1. The molecule has 3 rings (SSSR count). The smallest absolute Gasteiger partial charge is 0.292 e. The minimum Gasteiger partial charge on any atom is -0.292 e. The van der Waals surface area contributed by atoms with E-state index in [0.717, 1.165) is 28.8 Å². The summed E-state index contributed by atoms with van der Waals surface area (Å²) in [7, 11) is 0. The molecule has 2 aromatic rings. The van der Waals surface area contributed by atoms with Crippen LogP contribution in [0.3, 0.4) is 0 Å². The third-order valence-electron chi connectivity index (χ3n) is 3.49. The lowest BCUT2D eigenvalue weighted by atomic mass is 10.1. The van der Waals surface area contributed by atoms with Crippen molar-refractivity contribution >= 4 is 46.4 Å². The molecule has 0 radical (unpaired) electrons. The molecule has 0 unspecified atom stereocenters. The van der Waals surface area contributed by atoms with Crippen LogP contribution in [-0.4, -0.2) is 28.4 Å². The lowest BCUT2D eigenvalue weighted by Gasteiger charge is -2.11. The van der Waals surface area contributed by atoms with Gasteiger partial charge >= 0.3 is 0 Å². The first-order valence-electron chi connectivity index (χ1n) is 7.24. The third kappa shape index (κ3) is 3.97. The molecule has 4 nitrogen and oxygen atoms in total. The highest BCUT2D eigenvalue weighted by molar-refractivity contribution is 8.18. The van der Waals surface area contributed by atoms with Gasteiger partial charge < -0.3 is 0 Å². The fourth-order valence-corrected chi connectivity index (χ4v) is 3.29. The Morgan fingerprint density at radius 1 is 1.16 bits per heavy atom. The van der Waals surface area contributed by atoms with Gasteiger partial charge in [0, 0.05) is 10.6 Å². The number of halogens is 2. The molecule has 1 saturated heterocycles. The van der Waals surface area contributed by atoms with Crippen molar-refractivity contribution < 1.29 is 18.8 Å². The van der Waals surface area contributed by atoms with E-state index in [0.29, 0.717) is 10.6 Å². The van der Waals surface area contributed by atoms with Gasteiger partial charge in [0.25, 0.3) is 11.1 Å². The van der Waals surface area contributed by atoms with E-state index in [9.17, 15) is 18.8 Å². The number of amides is 2. The van der Waals surface area contributed by atoms with E-state index in [4.69, 9.17) is 11.6 Å². The van der Waals surface area contributed by atoms with E-state index in [2.05, 4.69) is 0 Å². The predicted octanol–water partition coefficient (Wildman–Crippen LogP) is 4.40. The van der Waals surface area contributed by atoms with E-state index < -0.39 is 22.7 Å². The van der Waals surface area contributed by atoms with Crippen molar-refractivity contribution in [3.63, 3.8) is 0 Å². The minimum absolute atomic E-state index is 0.221. The van der Waals surface area contributed by atoms with Gasteiger partial charge in [-0.05, 0) is 59.8 Å². The lowest BCUT2D eigenvalue weighted by Crippen LogP contribution is -2.33. The summed E-state index contributed by atoms with van der Waals surface area (Å²) in [5.74, 6) is -1.44. The highest BCUT2D eigenvalue weighted by atomic mass is 35.5. The second kappa shape index (κ2) is 7.21. The number of rotatable bonds is 4. The van der Waals surface area contributed by atoms with Crippen molar-refractivity contribution in [1.82, 2.24) is 4.90 Å². The average Bonchev–Trinajstić information content (AvgIpc) is 2.83. The largest absolute Gasteiger partial charge is 0.293 e. The van der Waals surface area contributed by atoms with Gasteiger partial charge in [-0.25, -0.2) is 4.39 Å². The maximum Gasteiger partial charge on any atom is 0.293 e. The molecule has 1 heterocycles. The Morgan fingerprint density at radius 2 is 1.88 bits per heavy atom. The van der Waals surface area contributed by atoms with Gasteiger partial charge in [-0.1, -0.05) is 23.7 Å². The average molecular weight is 376 g/mol. The first-order valence-corrected chi connectivity index (χ1v) is 8.43. The second-order valence-corrected chi connectivity index (χ2v) is 6.68. The normalized spacial score (nSPS) is 15.9. The number of hydrogen-bond acceptors (Lipinski definition) is 4. The summed E-state index contributed by atoms with van der Waals surface area (Å²) in [6.07, 6.45) is 1.55. The van der Waals surface area contributed by atoms with Crippen molar-refractivity contribution in [3.8, 4) is 0 Å². The molecule has 25 heavy (non-hydrogen) atoms. The Balaban J connectivity index is 1.77. The summed E-state index contributed by atoms with van der Waals surface area (Å²) in [6.45, 7) is -0.386. The molecule has 0 atom stereocenters. The molecule has 7 heteroatoms. The summed E-state index contributed by atoms with van der Waals surface area (Å²) in [5, 5.41) is -0.00629. The topological polar surface area (TPSA) is 54.5 Å². The fraction of sp³-hybridized carbons (Fsp3) is 0.0556. The molecule has 0 aliphatic carbocycles. The highest BCUT2D eigenvalue weighted by Gasteiger charge is 2.36. The van der Waals surface area contributed by atoms with E-state index in [1.165, 1.54) is 12.1 Å². The number of carbonyl (C=O) groups excluding carboxylic acids is 3. The molecular weight excluding hydrogens is 365 g/mol. The standard InChI is InChI=1S/C18H11ClFNO3S/c19-13-3-1-2-11(8-13)9-16-17(23)21(18(24)25-16)10-15(22)12-4-6-14(20)7-5-12/h1-9H,10H2/b16-9+. The Hall–Kier alpha value is -2.44. The fourth-order valence-electron chi connectivity index (χ4n) is 2.25. The summed E-state index contributed by atoms with van der Waals surface area (Å²) in [6, 6.07) is 11.8. The molecule has 0 saturated carbocycles. The van der Waals surface area contributed by atoms with Crippen molar-refractivity contribution in [2.75, 3.05) is 6.54 Å². The Labute approximate surface area is 152 Å². The van der Waals surface area contributed by atoms with Crippen LogP contribution in [0.1, 0.15) is 15.9 Å². The second-order valence-electron chi connectivity index (χ2n) is 5.25. The van der Waals surface area contributed by atoms with Crippen LogP contribution in [0, 0.1) is 5.82 Å². The molecular formula is C18H11ClFNO3S. The van der Waals surface area contributed by atoms with Crippen LogP contribution >= 0.6 is 23.4 Å². The van der Waals surface area contributed by atoms with Crippen LogP contribution in [0.15, 0.2) is 53.4 Å². The van der Waals surface area contributed by atoms with Gasteiger partial charge in [0.15, 0.2) is 5.78 Å². The van der Waals surface area contributed by atoms with Gasteiger partial charge in [-0.15, -0.1) is 0 Å². The van der Waals surface area contributed by atoms with Crippen molar-refractivity contribution in [1.29, 1.82) is 0 Å². The SMILES string of the molecule is O=C(CN1C(=O)S/C(=C/c2cccc(Cl)c2)C1=O)c1ccc(F)cc1. The number of nitrogens with zero attached hydrogens (tertiary/aromatic N) is 1. The van der Waals surface area contributed by atoms with Crippen LogP contribution in [-0.2, 0) is 4.79 Å². The van der Waals surface area contributed by atoms with Gasteiger partial charge in [-0.2, -0.15) is 0 Å². The van der Waals surface area contributed by atoms with Crippen LogP contribution in [0.2, 0.25) is 5.02 Å². The van der Waals surface area contributed by atoms with Crippen molar-refractivity contribution in [2.24, 2.45) is 0 Å². The first-order chi connectivity index (χ1) is 11.9. The summed E-state index contributed by atoms with van der Waals surface area (Å²) in [4.78, 5) is 37.8. The van der Waals surface area contributed by atoms with Gasteiger partial charge in [0.2, 0.25) is 0 Å². The van der Waals surface area contributed by atoms with Gasteiger partial charge in [-0.3, -0.25) is 19.3 Å². The molecule has 0 spiro atoms. The van der Waals surface area contributed by atoms with Gasteiger partial charge in [0.1, 0.15) is 5.82 Å². The quantitative estimate of drug-likeness (QED) is 0.587. The number of imide groups is 1. The molecule has 0 N–H and O–H groups in total.